The molecule has 0 aromatic heterocycles. The lowest BCUT2D eigenvalue weighted by Gasteiger charge is -2.38. The number of benzene rings is 1. The van der Waals surface area contributed by atoms with Gasteiger partial charge in [0, 0.05) is 19.4 Å². The molecule has 3 heterocycles. The Morgan fingerprint density at radius 2 is 1.79 bits per heavy atom. The molecule has 5 amide bonds. The van der Waals surface area contributed by atoms with Crippen molar-refractivity contribution >= 4 is 23.8 Å². The van der Waals surface area contributed by atoms with Gasteiger partial charge in [-0.25, -0.2) is 9.18 Å². The van der Waals surface area contributed by atoms with E-state index in [9.17, 15) is 23.6 Å². The van der Waals surface area contributed by atoms with E-state index in [-0.39, 0.29) is 48.6 Å². The first-order valence-electron chi connectivity index (χ1n) is 12.0. The molecule has 0 aliphatic carbocycles. The lowest BCUT2D eigenvalue weighted by Crippen LogP contribution is -2.56. The molecule has 0 saturated carbocycles. The summed E-state index contributed by atoms with van der Waals surface area (Å²) >= 11 is 0. The van der Waals surface area contributed by atoms with Crippen molar-refractivity contribution in [2.75, 3.05) is 6.54 Å². The number of likely N-dealkylation sites (tertiary alicyclic amines) is 1. The lowest BCUT2D eigenvalue weighted by atomic mass is 9.85. The number of imide groups is 1. The van der Waals surface area contributed by atoms with E-state index in [2.05, 4.69) is 10.6 Å². The fourth-order valence-corrected chi connectivity index (χ4v) is 5.61. The zero-order valence-electron chi connectivity index (χ0n) is 20.0. The largest absolute Gasteiger partial charge is 0.349 e. The molecule has 2 N–H and O–H groups in total. The number of nitrogens with one attached hydrogen (secondary N) is 2. The standard InChI is InChI=1S/C25H33FN4O4/c1-24(2)22(33)29(23(34)28-24)14-6-9-21(32)30-18(16-10-12-17(26)13-11-16)15-25(3)19(30)7-4-5-8-20(31)27-25/h10-13,18-19H,4-9,14-15H2,1-3H3,(H,27,31)(H,28,34)/t18-,19-,25-/m0/s1. The summed E-state index contributed by atoms with van der Waals surface area (Å²) in [6.45, 7) is 5.45. The SMILES string of the molecule is CC1(C)NC(=O)N(CCCC(=O)N2[C@H]3CCCCC(=O)N[C@@]3(C)C[C@H]2c2ccc(F)cc2)C1=O. The zero-order chi connectivity index (χ0) is 24.7. The van der Waals surface area contributed by atoms with E-state index in [4.69, 9.17) is 0 Å². The van der Waals surface area contributed by atoms with Gasteiger partial charge in [0.25, 0.3) is 5.91 Å². The number of nitrogens with zero attached hydrogens (tertiary/aromatic N) is 2. The molecule has 0 spiro atoms. The molecule has 9 heteroatoms. The highest BCUT2D eigenvalue weighted by molar-refractivity contribution is 6.06. The summed E-state index contributed by atoms with van der Waals surface area (Å²) in [6.07, 6.45) is 3.89. The Balaban J connectivity index is 1.53. The van der Waals surface area contributed by atoms with Crippen LogP contribution in [0, 0.1) is 5.82 Å². The molecule has 0 radical (unpaired) electrons. The van der Waals surface area contributed by atoms with E-state index in [1.165, 1.54) is 12.1 Å². The lowest BCUT2D eigenvalue weighted by molar-refractivity contribution is -0.136. The number of amides is 5. The molecule has 3 aliphatic rings. The van der Waals surface area contributed by atoms with Crippen molar-refractivity contribution in [2.24, 2.45) is 0 Å². The molecular formula is C25H33FN4O4. The number of urea groups is 1. The number of carbonyl (C=O) groups excluding carboxylic acids is 4. The van der Waals surface area contributed by atoms with Gasteiger partial charge in [-0.1, -0.05) is 18.6 Å². The normalized spacial score (nSPS) is 28.8. The number of halogens is 1. The summed E-state index contributed by atoms with van der Waals surface area (Å²) in [4.78, 5) is 53.6. The maximum absolute atomic E-state index is 13.6. The molecule has 3 saturated heterocycles. The van der Waals surface area contributed by atoms with E-state index in [1.54, 1.807) is 26.0 Å². The van der Waals surface area contributed by atoms with Crippen LogP contribution < -0.4 is 10.6 Å². The second-order valence-electron chi connectivity index (χ2n) is 10.4. The highest BCUT2D eigenvalue weighted by atomic mass is 19.1. The van der Waals surface area contributed by atoms with Crippen LogP contribution in [0.2, 0.25) is 0 Å². The summed E-state index contributed by atoms with van der Waals surface area (Å²) in [6, 6.07) is 5.24. The number of carbonyl (C=O) groups is 4. The predicted molar refractivity (Wildman–Crippen MR) is 123 cm³/mol. The molecule has 0 bridgehead atoms. The van der Waals surface area contributed by atoms with E-state index >= 15 is 0 Å². The van der Waals surface area contributed by atoms with Crippen molar-refractivity contribution in [3.05, 3.63) is 35.6 Å². The van der Waals surface area contributed by atoms with Gasteiger partial charge >= 0.3 is 6.03 Å². The quantitative estimate of drug-likeness (QED) is 0.644. The molecule has 1 aromatic rings. The van der Waals surface area contributed by atoms with E-state index < -0.39 is 17.1 Å². The molecule has 184 valence electrons. The Morgan fingerprint density at radius 3 is 2.44 bits per heavy atom. The first-order chi connectivity index (χ1) is 16.0. The Bertz CT molecular complexity index is 995. The van der Waals surface area contributed by atoms with Crippen LogP contribution in [0.15, 0.2) is 24.3 Å². The Labute approximate surface area is 199 Å². The third kappa shape index (κ3) is 4.52. The van der Waals surface area contributed by atoms with Gasteiger partial charge in [-0.3, -0.25) is 19.3 Å². The van der Waals surface area contributed by atoms with Gasteiger partial charge in [0.15, 0.2) is 0 Å². The van der Waals surface area contributed by atoms with E-state index in [0.29, 0.717) is 19.3 Å². The average Bonchev–Trinajstić information content (AvgIpc) is 3.14. The van der Waals surface area contributed by atoms with Crippen LogP contribution in [0.3, 0.4) is 0 Å². The molecule has 1 aromatic carbocycles. The van der Waals surface area contributed by atoms with Crippen molar-refractivity contribution < 1.29 is 23.6 Å². The Kier molecular flexibility index (Phi) is 6.40. The topological polar surface area (TPSA) is 98.8 Å². The maximum Gasteiger partial charge on any atom is 0.325 e. The zero-order valence-corrected chi connectivity index (χ0v) is 20.0. The smallest absolute Gasteiger partial charge is 0.325 e. The van der Waals surface area contributed by atoms with Crippen LogP contribution >= 0.6 is 0 Å². The van der Waals surface area contributed by atoms with Gasteiger partial charge < -0.3 is 15.5 Å². The molecule has 8 nitrogen and oxygen atoms in total. The molecule has 4 rings (SSSR count). The summed E-state index contributed by atoms with van der Waals surface area (Å²) in [5.41, 5.74) is -0.697. The predicted octanol–water partition coefficient (Wildman–Crippen LogP) is 3.03. The van der Waals surface area contributed by atoms with Crippen LogP contribution in [0.25, 0.3) is 0 Å². The van der Waals surface area contributed by atoms with Gasteiger partial charge in [0.05, 0.1) is 17.6 Å². The van der Waals surface area contributed by atoms with Gasteiger partial charge in [-0.2, -0.15) is 0 Å². The number of rotatable bonds is 5. The highest BCUT2D eigenvalue weighted by Crippen LogP contribution is 2.45. The monoisotopic (exact) mass is 472 g/mol. The molecule has 3 atom stereocenters. The average molecular weight is 473 g/mol. The summed E-state index contributed by atoms with van der Waals surface area (Å²) in [5.74, 6) is -0.753. The third-order valence-corrected chi connectivity index (χ3v) is 7.34. The molecular weight excluding hydrogens is 439 g/mol. The minimum Gasteiger partial charge on any atom is -0.349 e. The van der Waals surface area contributed by atoms with Gasteiger partial charge in [0.1, 0.15) is 11.4 Å². The van der Waals surface area contributed by atoms with Crippen LogP contribution in [0.1, 0.15) is 77.3 Å². The maximum atomic E-state index is 13.6. The van der Waals surface area contributed by atoms with Crippen LogP contribution in [-0.2, 0) is 14.4 Å². The fourth-order valence-electron chi connectivity index (χ4n) is 5.61. The first kappa shape index (κ1) is 24.2. The summed E-state index contributed by atoms with van der Waals surface area (Å²) < 4.78 is 13.6. The fraction of sp³-hybridized carbons (Fsp3) is 0.600. The summed E-state index contributed by atoms with van der Waals surface area (Å²) in [7, 11) is 0. The van der Waals surface area contributed by atoms with Gasteiger partial charge in [-0.05, 0) is 64.2 Å². The third-order valence-electron chi connectivity index (χ3n) is 7.34. The second-order valence-corrected chi connectivity index (χ2v) is 10.4. The number of hydrogen-bond donors (Lipinski definition) is 2. The molecule has 34 heavy (non-hydrogen) atoms. The van der Waals surface area contributed by atoms with Crippen molar-refractivity contribution in [3.8, 4) is 0 Å². The first-order valence-corrected chi connectivity index (χ1v) is 12.0. The van der Waals surface area contributed by atoms with E-state index in [0.717, 1.165) is 29.7 Å². The number of hydrogen-bond acceptors (Lipinski definition) is 4. The van der Waals surface area contributed by atoms with Gasteiger partial charge in [-0.15, -0.1) is 0 Å². The minimum absolute atomic E-state index is 0.0134. The Morgan fingerprint density at radius 1 is 1.09 bits per heavy atom. The molecule has 0 unspecified atom stereocenters. The van der Waals surface area contributed by atoms with E-state index in [1.807, 2.05) is 11.8 Å². The Hall–Kier alpha value is -2.97. The molecule has 3 aliphatic heterocycles. The van der Waals surface area contributed by atoms with Crippen molar-refractivity contribution in [1.29, 1.82) is 0 Å². The highest BCUT2D eigenvalue weighted by Gasteiger charge is 2.52. The molecule has 3 fully saturated rings. The van der Waals surface area contributed by atoms with Crippen molar-refractivity contribution in [1.82, 2.24) is 20.4 Å². The summed E-state index contributed by atoms with van der Waals surface area (Å²) in [5, 5.41) is 5.81. The van der Waals surface area contributed by atoms with Crippen LogP contribution in [0.4, 0.5) is 9.18 Å². The minimum atomic E-state index is -0.942. The second kappa shape index (κ2) is 9.00. The van der Waals surface area contributed by atoms with Crippen LogP contribution in [0.5, 0.6) is 0 Å². The van der Waals surface area contributed by atoms with Gasteiger partial charge in [0.2, 0.25) is 11.8 Å². The van der Waals surface area contributed by atoms with Crippen LogP contribution in [-0.4, -0.2) is 57.2 Å². The number of fused-ring (bicyclic) bond motifs is 1. The van der Waals surface area contributed by atoms with Crippen molar-refractivity contribution in [2.45, 2.75) is 88.9 Å². The van der Waals surface area contributed by atoms with Crippen molar-refractivity contribution in [3.63, 3.8) is 0 Å².